The van der Waals surface area contributed by atoms with E-state index in [0.717, 1.165) is 31.0 Å². The van der Waals surface area contributed by atoms with Gasteiger partial charge in [-0.3, -0.25) is 14.9 Å². The molecule has 1 saturated carbocycles. The molecule has 0 heterocycles. The molecule has 1 amide bonds. The first-order valence-corrected chi connectivity index (χ1v) is 6.19. The van der Waals surface area contributed by atoms with Gasteiger partial charge in [0.2, 0.25) is 0 Å². The topological polar surface area (TPSA) is 63.5 Å². The number of hydrogen-bond donors (Lipinski definition) is 0. The maximum Gasteiger partial charge on any atom is 0.272 e. The molecule has 1 aromatic carbocycles. The predicted octanol–water partition coefficient (Wildman–Crippen LogP) is 2.22. The maximum atomic E-state index is 13.8. The second-order valence-corrected chi connectivity index (χ2v) is 4.75. The van der Waals surface area contributed by atoms with Gasteiger partial charge in [-0.15, -0.1) is 6.42 Å². The first kappa shape index (κ1) is 14.0. The first-order chi connectivity index (χ1) is 9.52. The van der Waals surface area contributed by atoms with Crippen LogP contribution in [0.3, 0.4) is 0 Å². The Morgan fingerprint density at radius 3 is 2.75 bits per heavy atom. The van der Waals surface area contributed by atoms with Gasteiger partial charge < -0.3 is 4.90 Å². The van der Waals surface area contributed by atoms with Crippen LogP contribution in [-0.2, 0) is 0 Å². The molecule has 6 heteroatoms. The van der Waals surface area contributed by atoms with Crippen molar-refractivity contribution in [2.75, 3.05) is 13.1 Å². The quantitative estimate of drug-likeness (QED) is 0.470. The van der Waals surface area contributed by atoms with Crippen molar-refractivity contribution in [3.63, 3.8) is 0 Å². The van der Waals surface area contributed by atoms with Crippen LogP contribution in [0, 0.1) is 34.2 Å². The van der Waals surface area contributed by atoms with Crippen LogP contribution in [0.2, 0.25) is 0 Å². The maximum absolute atomic E-state index is 13.8. The number of benzene rings is 1. The zero-order valence-corrected chi connectivity index (χ0v) is 10.7. The van der Waals surface area contributed by atoms with Gasteiger partial charge in [0, 0.05) is 12.6 Å². The Hall–Kier alpha value is -2.42. The lowest BCUT2D eigenvalue weighted by Crippen LogP contribution is -2.33. The highest BCUT2D eigenvalue weighted by Crippen LogP contribution is 2.30. The molecule has 0 N–H and O–H groups in total. The Bertz CT molecular complexity index is 591. The van der Waals surface area contributed by atoms with Gasteiger partial charge in [0.1, 0.15) is 5.82 Å². The fraction of sp³-hybridized carbons (Fsp3) is 0.357. The van der Waals surface area contributed by atoms with Crippen molar-refractivity contribution in [3.05, 3.63) is 39.7 Å². The van der Waals surface area contributed by atoms with Crippen molar-refractivity contribution in [2.45, 2.75) is 12.8 Å². The average molecular weight is 276 g/mol. The van der Waals surface area contributed by atoms with Crippen LogP contribution in [0.15, 0.2) is 18.2 Å². The molecule has 0 spiro atoms. The van der Waals surface area contributed by atoms with Gasteiger partial charge in [-0.1, -0.05) is 5.92 Å². The summed E-state index contributed by atoms with van der Waals surface area (Å²) in [6, 6.07) is 2.99. The molecule has 0 bridgehead atoms. The number of rotatable bonds is 5. The SMILES string of the molecule is C#CCN(CC1CC1)C(=O)c1ccc([N+](=O)[O-])cc1F. The molecule has 1 aliphatic carbocycles. The molecular formula is C14H13FN2O3. The fourth-order valence-electron chi connectivity index (χ4n) is 1.90. The van der Waals surface area contributed by atoms with E-state index in [-0.39, 0.29) is 17.8 Å². The van der Waals surface area contributed by atoms with Crippen LogP contribution < -0.4 is 0 Å². The molecule has 0 aliphatic heterocycles. The number of halogens is 1. The van der Waals surface area contributed by atoms with E-state index in [1.165, 1.54) is 4.90 Å². The second-order valence-electron chi connectivity index (χ2n) is 4.75. The summed E-state index contributed by atoms with van der Waals surface area (Å²) < 4.78 is 13.8. The number of amides is 1. The number of carbonyl (C=O) groups excluding carboxylic acids is 1. The van der Waals surface area contributed by atoms with E-state index < -0.39 is 16.6 Å². The highest BCUT2D eigenvalue weighted by molar-refractivity contribution is 5.95. The van der Waals surface area contributed by atoms with E-state index >= 15 is 0 Å². The number of nitrogens with zero attached hydrogens (tertiary/aromatic N) is 2. The Morgan fingerprint density at radius 1 is 1.55 bits per heavy atom. The van der Waals surface area contributed by atoms with Gasteiger partial charge in [0.05, 0.1) is 23.1 Å². The zero-order valence-electron chi connectivity index (χ0n) is 10.7. The standard InChI is InChI=1S/C14H13FN2O3/c1-2-7-16(9-10-3-4-10)14(18)12-6-5-11(17(19)20)8-13(12)15/h1,5-6,8,10H,3-4,7,9H2. The molecule has 0 unspecified atom stereocenters. The Morgan fingerprint density at radius 2 is 2.25 bits per heavy atom. The summed E-state index contributed by atoms with van der Waals surface area (Å²) in [6.45, 7) is 0.602. The highest BCUT2D eigenvalue weighted by Gasteiger charge is 2.28. The third-order valence-electron chi connectivity index (χ3n) is 3.14. The lowest BCUT2D eigenvalue weighted by molar-refractivity contribution is -0.385. The van der Waals surface area contributed by atoms with E-state index in [9.17, 15) is 19.3 Å². The summed E-state index contributed by atoms with van der Waals surface area (Å²) in [4.78, 5) is 23.5. The average Bonchev–Trinajstić information content (AvgIpc) is 3.21. The predicted molar refractivity (Wildman–Crippen MR) is 70.5 cm³/mol. The molecule has 2 rings (SSSR count). The summed E-state index contributed by atoms with van der Waals surface area (Å²) in [5, 5.41) is 10.5. The van der Waals surface area contributed by atoms with Crippen LogP contribution >= 0.6 is 0 Å². The van der Waals surface area contributed by atoms with Crippen molar-refractivity contribution < 1.29 is 14.1 Å². The van der Waals surface area contributed by atoms with Crippen molar-refractivity contribution >= 4 is 11.6 Å². The minimum absolute atomic E-state index is 0.103. The number of hydrogen-bond acceptors (Lipinski definition) is 3. The summed E-state index contributed by atoms with van der Waals surface area (Å²) >= 11 is 0. The van der Waals surface area contributed by atoms with Gasteiger partial charge in [-0.25, -0.2) is 4.39 Å². The number of nitro benzene ring substituents is 1. The molecule has 0 radical (unpaired) electrons. The smallest absolute Gasteiger partial charge is 0.272 e. The van der Waals surface area contributed by atoms with Gasteiger partial charge in [0.25, 0.3) is 11.6 Å². The lowest BCUT2D eigenvalue weighted by atomic mass is 10.1. The van der Waals surface area contributed by atoms with E-state index in [1.54, 1.807) is 0 Å². The Kier molecular flexibility index (Phi) is 3.99. The van der Waals surface area contributed by atoms with Gasteiger partial charge in [-0.2, -0.15) is 0 Å². The second kappa shape index (κ2) is 5.70. The van der Waals surface area contributed by atoms with Crippen LogP contribution in [-0.4, -0.2) is 28.8 Å². The van der Waals surface area contributed by atoms with Crippen molar-refractivity contribution in [1.29, 1.82) is 0 Å². The monoisotopic (exact) mass is 276 g/mol. The zero-order chi connectivity index (χ0) is 14.7. The molecular weight excluding hydrogens is 263 g/mol. The number of non-ortho nitro benzene ring substituents is 1. The highest BCUT2D eigenvalue weighted by atomic mass is 19.1. The summed E-state index contributed by atoms with van der Waals surface area (Å²) in [6.07, 6.45) is 7.29. The van der Waals surface area contributed by atoms with Crippen LogP contribution in [0.25, 0.3) is 0 Å². The third-order valence-corrected chi connectivity index (χ3v) is 3.14. The minimum atomic E-state index is -0.901. The molecule has 1 fully saturated rings. The largest absolute Gasteiger partial charge is 0.327 e. The van der Waals surface area contributed by atoms with Gasteiger partial charge in [0.15, 0.2) is 0 Å². The van der Waals surface area contributed by atoms with Gasteiger partial charge in [-0.05, 0) is 24.8 Å². The number of carbonyl (C=O) groups is 1. The normalized spacial score (nSPS) is 13.6. The van der Waals surface area contributed by atoms with Crippen molar-refractivity contribution in [3.8, 4) is 12.3 Å². The molecule has 20 heavy (non-hydrogen) atoms. The van der Waals surface area contributed by atoms with E-state index in [2.05, 4.69) is 5.92 Å². The third kappa shape index (κ3) is 3.12. The van der Waals surface area contributed by atoms with Crippen molar-refractivity contribution in [1.82, 2.24) is 4.90 Å². The fourth-order valence-corrected chi connectivity index (χ4v) is 1.90. The van der Waals surface area contributed by atoms with E-state index in [4.69, 9.17) is 6.42 Å². The summed E-state index contributed by atoms with van der Waals surface area (Å²) in [7, 11) is 0. The first-order valence-electron chi connectivity index (χ1n) is 6.19. The number of nitro groups is 1. The van der Waals surface area contributed by atoms with Crippen LogP contribution in [0.5, 0.6) is 0 Å². The minimum Gasteiger partial charge on any atom is -0.327 e. The molecule has 0 saturated heterocycles. The number of terminal acetylenes is 1. The molecule has 0 aromatic heterocycles. The molecule has 5 nitrogen and oxygen atoms in total. The van der Waals surface area contributed by atoms with Crippen molar-refractivity contribution in [2.24, 2.45) is 5.92 Å². The van der Waals surface area contributed by atoms with E-state index in [1.807, 2.05) is 0 Å². The van der Waals surface area contributed by atoms with E-state index in [0.29, 0.717) is 12.5 Å². The molecule has 104 valence electrons. The molecule has 1 aliphatic rings. The lowest BCUT2D eigenvalue weighted by Gasteiger charge is -2.20. The molecule has 1 aromatic rings. The Labute approximate surface area is 115 Å². The molecule has 0 atom stereocenters. The Balaban J connectivity index is 2.21. The van der Waals surface area contributed by atoms with Crippen LogP contribution in [0.1, 0.15) is 23.2 Å². The van der Waals surface area contributed by atoms with Gasteiger partial charge >= 0.3 is 0 Å². The van der Waals surface area contributed by atoms with Crippen LogP contribution in [0.4, 0.5) is 10.1 Å². The summed E-state index contributed by atoms with van der Waals surface area (Å²) in [5.74, 6) is 1.37. The summed E-state index contributed by atoms with van der Waals surface area (Å²) in [5.41, 5.74) is -0.573.